The van der Waals surface area contributed by atoms with Crippen molar-refractivity contribution in [3.05, 3.63) is 35.0 Å². The number of fused-ring (bicyclic) bond motifs is 1. The van der Waals surface area contributed by atoms with E-state index in [9.17, 15) is 8.78 Å². The second-order valence-electron chi connectivity index (χ2n) is 3.15. The minimum Gasteiger partial charge on any atom is -0.356 e. The topological polar surface area (TPSA) is 15.8 Å². The Labute approximate surface area is 74.4 Å². The Hall–Kier alpha value is -1.38. The van der Waals surface area contributed by atoms with Gasteiger partial charge in [-0.25, -0.2) is 8.78 Å². The third-order valence-corrected chi connectivity index (χ3v) is 2.35. The molecular formula is C10H9F2N. The van der Waals surface area contributed by atoms with Crippen LogP contribution in [0.1, 0.15) is 11.3 Å². The van der Waals surface area contributed by atoms with Crippen LogP contribution in [-0.4, -0.2) is 4.98 Å². The highest BCUT2D eigenvalue weighted by molar-refractivity contribution is 5.85. The summed E-state index contributed by atoms with van der Waals surface area (Å²) in [6.07, 6.45) is 0. The molecular weight excluding hydrogens is 172 g/mol. The van der Waals surface area contributed by atoms with Gasteiger partial charge in [-0.2, -0.15) is 0 Å². The van der Waals surface area contributed by atoms with Crippen molar-refractivity contribution in [3.63, 3.8) is 0 Å². The number of halogens is 2. The molecule has 3 heteroatoms. The van der Waals surface area contributed by atoms with Gasteiger partial charge in [0.15, 0.2) is 0 Å². The average Bonchev–Trinajstić information content (AvgIpc) is 2.38. The maximum Gasteiger partial charge on any atom is 0.147 e. The Kier molecular flexibility index (Phi) is 1.62. The lowest BCUT2D eigenvalue weighted by molar-refractivity contribution is 0.616. The van der Waals surface area contributed by atoms with Crippen LogP contribution in [0.3, 0.4) is 0 Å². The van der Waals surface area contributed by atoms with Crippen LogP contribution in [0.2, 0.25) is 0 Å². The maximum atomic E-state index is 13.3. The summed E-state index contributed by atoms with van der Waals surface area (Å²) >= 11 is 0. The molecule has 0 aliphatic heterocycles. The average molecular weight is 181 g/mol. The van der Waals surface area contributed by atoms with Gasteiger partial charge in [0.25, 0.3) is 0 Å². The highest BCUT2D eigenvalue weighted by Gasteiger charge is 2.11. The normalized spacial score (nSPS) is 11.1. The van der Waals surface area contributed by atoms with Crippen molar-refractivity contribution in [3.8, 4) is 0 Å². The zero-order chi connectivity index (χ0) is 9.59. The van der Waals surface area contributed by atoms with Gasteiger partial charge < -0.3 is 4.98 Å². The number of benzene rings is 1. The molecule has 2 aromatic rings. The molecule has 0 aliphatic rings. The smallest absolute Gasteiger partial charge is 0.147 e. The standard InChI is InChI=1S/C10H9F2N/c1-5-6(2)13-10-8(12)4-3-7(11)9(5)10/h3-4,13H,1-2H3. The van der Waals surface area contributed by atoms with E-state index < -0.39 is 5.82 Å². The van der Waals surface area contributed by atoms with Crippen LogP contribution < -0.4 is 0 Å². The quantitative estimate of drug-likeness (QED) is 0.642. The summed E-state index contributed by atoms with van der Waals surface area (Å²) < 4.78 is 26.4. The summed E-state index contributed by atoms with van der Waals surface area (Å²) in [5, 5.41) is 0.359. The van der Waals surface area contributed by atoms with Crippen molar-refractivity contribution in [1.82, 2.24) is 4.98 Å². The molecule has 0 amide bonds. The molecule has 1 aromatic carbocycles. The van der Waals surface area contributed by atoms with E-state index in [4.69, 9.17) is 0 Å². The molecule has 0 aliphatic carbocycles. The summed E-state index contributed by atoms with van der Waals surface area (Å²) in [7, 11) is 0. The second-order valence-corrected chi connectivity index (χ2v) is 3.15. The number of rotatable bonds is 0. The molecule has 13 heavy (non-hydrogen) atoms. The number of hydrogen-bond donors (Lipinski definition) is 1. The lowest BCUT2D eigenvalue weighted by Gasteiger charge is -1.94. The van der Waals surface area contributed by atoms with E-state index in [-0.39, 0.29) is 11.3 Å². The van der Waals surface area contributed by atoms with Crippen LogP contribution in [0, 0.1) is 25.5 Å². The van der Waals surface area contributed by atoms with E-state index in [1.165, 1.54) is 0 Å². The number of nitrogens with one attached hydrogen (secondary N) is 1. The highest BCUT2D eigenvalue weighted by atomic mass is 19.1. The van der Waals surface area contributed by atoms with E-state index in [1.807, 2.05) is 0 Å². The minimum absolute atomic E-state index is 0.259. The van der Waals surface area contributed by atoms with E-state index in [1.54, 1.807) is 13.8 Å². The van der Waals surface area contributed by atoms with Crippen LogP contribution in [0.15, 0.2) is 12.1 Å². The molecule has 1 nitrogen and oxygen atoms in total. The Morgan fingerprint density at radius 2 is 1.69 bits per heavy atom. The van der Waals surface area contributed by atoms with Gasteiger partial charge in [0.2, 0.25) is 0 Å². The maximum absolute atomic E-state index is 13.3. The zero-order valence-corrected chi connectivity index (χ0v) is 7.41. The van der Waals surface area contributed by atoms with Crippen LogP contribution >= 0.6 is 0 Å². The van der Waals surface area contributed by atoms with Crippen LogP contribution in [-0.2, 0) is 0 Å². The lowest BCUT2D eigenvalue weighted by Crippen LogP contribution is -1.82. The molecule has 0 fully saturated rings. The third kappa shape index (κ3) is 1.03. The Morgan fingerprint density at radius 1 is 1.08 bits per heavy atom. The zero-order valence-electron chi connectivity index (χ0n) is 7.41. The largest absolute Gasteiger partial charge is 0.356 e. The molecule has 0 saturated heterocycles. The fraction of sp³-hybridized carbons (Fsp3) is 0.200. The molecule has 0 unspecified atom stereocenters. The fourth-order valence-corrected chi connectivity index (χ4v) is 1.51. The second kappa shape index (κ2) is 2.55. The predicted octanol–water partition coefficient (Wildman–Crippen LogP) is 3.06. The summed E-state index contributed by atoms with van der Waals surface area (Å²) in [6.45, 7) is 3.57. The fourth-order valence-electron chi connectivity index (χ4n) is 1.51. The molecule has 1 N–H and O–H groups in total. The molecule has 0 spiro atoms. The first-order valence-electron chi connectivity index (χ1n) is 4.04. The van der Waals surface area contributed by atoms with Gasteiger partial charge in [-0.05, 0) is 31.5 Å². The molecule has 2 rings (SSSR count). The van der Waals surface area contributed by atoms with Gasteiger partial charge >= 0.3 is 0 Å². The van der Waals surface area contributed by atoms with Crippen molar-refractivity contribution in [2.45, 2.75) is 13.8 Å². The van der Waals surface area contributed by atoms with Crippen molar-refractivity contribution in [2.24, 2.45) is 0 Å². The van der Waals surface area contributed by atoms with Gasteiger partial charge in [0.1, 0.15) is 11.6 Å². The molecule has 1 aromatic heterocycles. The Bertz CT molecular complexity index is 471. The number of aromatic amines is 1. The first kappa shape index (κ1) is 8.23. The Morgan fingerprint density at radius 3 is 2.31 bits per heavy atom. The molecule has 0 bridgehead atoms. The first-order valence-corrected chi connectivity index (χ1v) is 4.04. The Balaban J connectivity index is 3.00. The van der Waals surface area contributed by atoms with E-state index in [0.717, 1.165) is 23.4 Å². The van der Waals surface area contributed by atoms with E-state index >= 15 is 0 Å². The molecule has 1 heterocycles. The molecule has 68 valence electrons. The molecule has 0 saturated carbocycles. The van der Waals surface area contributed by atoms with Gasteiger partial charge in [-0.15, -0.1) is 0 Å². The van der Waals surface area contributed by atoms with E-state index in [0.29, 0.717) is 5.39 Å². The first-order chi connectivity index (χ1) is 6.11. The molecule has 0 radical (unpaired) electrons. The van der Waals surface area contributed by atoms with Crippen molar-refractivity contribution < 1.29 is 8.78 Å². The number of aromatic nitrogens is 1. The van der Waals surface area contributed by atoms with Gasteiger partial charge in [0, 0.05) is 11.1 Å². The van der Waals surface area contributed by atoms with Crippen molar-refractivity contribution in [2.75, 3.05) is 0 Å². The van der Waals surface area contributed by atoms with Crippen molar-refractivity contribution >= 4 is 10.9 Å². The summed E-state index contributed by atoms with van der Waals surface area (Å²) in [6, 6.07) is 2.28. The highest BCUT2D eigenvalue weighted by Crippen LogP contribution is 2.25. The minimum atomic E-state index is -0.410. The van der Waals surface area contributed by atoms with Crippen LogP contribution in [0.25, 0.3) is 10.9 Å². The summed E-state index contributed by atoms with van der Waals surface area (Å²) in [4.78, 5) is 2.82. The number of hydrogen-bond acceptors (Lipinski definition) is 0. The SMILES string of the molecule is Cc1[nH]c2c(F)ccc(F)c2c1C. The van der Waals surface area contributed by atoms with Crippen LogP contribution in [0.4, 0.5) is 8.78 Å². The third-order valence-electron chi connectivity index (χ3n) is 2.35. The summed E-state index contributed by atoms with van der Waals surface area (Å²) in [5.74, 6) is -0.786. The van der Waals surface area contributed by atoms with Crippen molar-refractivity contribution in [1.29, 1.82) is 0 Å². The monoisotopic (exact) mass is 181 g/mol. The molecule has 0 atom stereocenters. The van der Waals surface area contributed by atoms with E-state index in [2.05, 4.69) is 4.98 Å². The number of aryl methyl sites for hydroxylation is 2. The van der Waals surface area contributed by atoms with Gasteiger partial charge in [0.05, 0.1) is 5.52 Å². The number of H-pyrrole nitrogens is 1. The summed E-state index contributed by atoms with van der Waals surface area (Å²) in [5.41, 5.74) is 1.83. The lowest BCUT2D eigenvalue weighted by atomic mass is 10.1. The van der Waals surface area contributed by atoms with Crippen LogP contribution in [0.5, 0.6) is 0 Å². The van der Waals surface area contributed by atoms with Gasteiger partial charge in [-0.1, -0.05) is 0 Å². The predicted molar refractivity (Wildman–Crippen MR) is 47.7 cm³/mol. The van der Waals surface area contributed by atoms with Gasteiger partial charge in [-0.3, -0.25) is 0 Å².